The minimum Gasteiger partial charge on any atom is -0.480 e. The molecule has 0 heterocycles. The second-order valence-electron chi connectivity index (χ2n) is 1.88. The van der Waals surface area contributed by atoms with Crippen LogP contribution in [0, 0.1) is 0 Å². The van der Waals surface area contributed by atoms with Crippen molar-refractivity contribution in [3.05, 3.63) is 0 Å². The Labute approximate surface area is 78.3 Å². The summed E-state index contributed by atoms with van der Waals surface area (Å²) in [6.45, 7) is -0.705. The Hall–Kier alpha value is -1.71. The molecule has 0 bridgehead atoms. The summed E-state index contributed by atoms with van der Waals surface area (Å²) in [5.41, 5.74) is 0. The van der Waals surface area contributed by atoms with Gasteiger partial charge in [-0.25, -0.2) is 9.59 Å². The molecule has 0 aliphatic carbocycles. The van der Waals surface area contributed by atoms with Crippen molar-refractivity contribution in [2.24, 2.45) is 11.7 Å². The second-order valence-corrected chi connectivity index (χ2v) is 1.88. The van der Waals surface area contributed by atoms with E-state index in [4.69, 9.17) is 15.3 Å². The van der Waals surface area contributed by atoms with Crippen LogP contribution < -0.4 is 17.0 Å². The highest BCUT2D eigenvalue weighted by Gasteiger charge is 2.25. The minimum atomic E-state index is -1.87. The maximum Gasteiger partial charge on any atom is 0.332 e. The zero-order valence-electron chi connectivity index (χ0n) is 7.01. The molecule has 9 heteroatoms. The van der Waals surface area contributed by atoms with Crippen molar-refractivity contribution >= 4 is 17.9 Å². The Morgan fingerprint density at radius 2 is 1.43 bits per heavy atom. The molecule has 0 fully saturated rings. The fourth-order valence-corrected chi connectivity index (χ4v) is 0.470. The Morgan fingerprint density at radius 3 is 1.64 bits per heavy atom. The molecular formula is C5H11N3O6. The summed E-state index contributed by atoms with van der Waals surface area (Å²) in [4.78, 5) is 30.1. The van der Waals surface area contributed by atoms with Gasteiger partial charge in [-0.05, 0) is 0 Å². The summed E-state index contributed by atoms with van der Waals surface area (Å²) in [6, 6.07) is -1.87. The van der Waals surface area contributed by atoms with Crippen LogP contribution in [0.5, 0.6) is 0 Å². The molecule has 9 nitrogen and oxygen atoms in total. The van der Waals surface area contributed by atoms with Crippen molar-refractivity contribution < 1.29 is 29.7 Å². The van der Waals surface area contributed by atoms with Crippen LogP contribution in [0.2, 0.25) is 0 Å². The first kappa shape index (κ1) is 14.8. The van der Waals surface area contributed by atoms with E-state index >= 15 is 0 Å². The third-order valence-corrected chi connectivity index (χ3v) is 0.951. The number of hydrazine groups is 1. The van der Waals surface area contributed by atoms with Gasteiger partial charge >= 0.3 is 17.9 Å². The topological polar surface area (TPSA) is 176 Å². The molecular weight excluding hydrogens is 198 g/mol. The molecule has 0 radical (unpaired) electrons. The number of carboxylic acids is 3. The molecule has 0 aromatic carbocycles. The van der Waals surface area contributed by atoms with E-state index < -0.39 is 30.5 Å². The molecule has 82 valence electrons. The molecule has 0 aromatic rings. The van der Waals surface area contributed by atoms with E-state index in [0.29, 0.717) is 0 Å². The van der Waals surface area contributed by atoms with Crippen molar-refractivity contribution in [3.63, 3.8) is 0 Å². The molecule has 0 rings (SSSR count). The minimum absolute atomic E-state index is 0.705. The van der Waals surface area contributed by atoms with Gasteiger partial charge in [-0.15, -0.1) is 0 Å². The van der Waals surface area contributed by atoms with E-state index in [0.717, 1.165) is 0 Å². The normalized spacial score (nSPS) is 8.79. The fourth-order valence-electron chi connectivity index (χ4n) is 0.470. The molecule has 0 aromatic heterocycles. The van der Waals surface area contributed by atoms with E-state index in [9.17, 15) is 14.4 Å². The average Bonchev–Trinajstić information content (AvgIpc) is 2.06. The number of aliphatic carboxylic acids is 3. The van der Waals surface area contributed by atoms with Gasteiger partial charge in [0.2, 0.25) is 6.04 Å². The van der Waals surface area contributed by atoms with Crippen LogP contribution in [-0.4, -0.2) is 45.8 Å². The predicted molar refractivity (Wildman–Crippen MR) is 43.1 cm³/mol. The van der Waals surface area contributed by atoms with Gasteiger partial charge in [-0.3, -0.25) is 21.8 Å². The quantitative estimate of drug-likeness (QED) is 0.156. The molecule has 0 aliphatic heterocycles. The first-order valence-electron chi connectivity index (χ1n) is 3.19. The van der Waals surface area contributed by atoms with Crippen LogP contribution in [0.25, 0.3) is 0 Å². The van der Waals surface area contributed by atoms with Crippen LogP contribution in [0.4, 0.5) is 0 Å². The number of nitrogens with one attached hydrogen (secondary N) is 1. The van der Waals surface area contributed by atoms with Gasteiger partial charge in [0.1, 0.15) is 0 Å². The van der Waals surface area contributed by atoms with E-state index in [-0.39, 0.29) is 0 Å². The summed E-state index contributed by atoms with van der Waals surface area (Å²) < 4.78 is 0. The lowest BCUT2D eigenvalue weighted by atomic mass is 10.3. The lowest BCUT2D eigenvalue weighted by Crippen LogP contribution is -2.45. The van der Waals surface area contributed by atoms with Crippen molar-refractivity contribution in [1.82, 2.24) is 5.32 Å². The molecule has 0 unspecified atom stereocenters. The van der Waals surface area contributed by atoms with Crippen molar-refractivity contribution in [3.8, 4) is 0 Å². The number of hydrogen-bond acceptors (Lipinski definition) is 6. The highest BCUT2D eigenvalue weighted by atomic mass is 16.4. The number of carbonyl (C=O) groups is 3. The maximum atomic E-state index is 10.1. The number of nitrogens with two attached hydrogens (primary N) is 2. The average molecular weight is 209 g/mol. The zero-order valence-corrected chi connectivity index (χ0v) is 7.01. The largest absolute Gasteiger partial charge is 0.480 e. The van der Waals surface area contributed by atoms with Gasteiger partial charge in [0, 0.05) is 0 Å². The molecule has 0 saturated carbocycles. The summed E-state index contributed by atoms with van der Waals surface area (Å²) in [5.74, 6) is 3.44. The molecule has 0 saturated heterocycles. The smallest absolute Gasteiger partial charge is 0.332 e. The monoisotopic (exact) mass is 209 g/mol. The Balaban J connectivity index is 0. The summed E-state index contributed by atoms with van der Waals surface area (Å²) in [5, 5.41) is 26.3. The van der Waals surface area contributed by atoms with Gasteiger partial charge < -0.3 is 15.3 Å². The van der Waals surface area contributed by atoms with Crippen molar-refractivity contribution in [1.29, 1.82) is 0 Å². The van der Waals surface area contributed by atoms with E-state index in [1.54, 1.807) is 0 Å². The highest BCUT2D eigenvalue weighted by Crippen LogP contribution is 1.83. The van der Waals surface area contributed by atoms with Gasteiger partial charge in [-0.1, -0.05) is 0 Å². The third-order valence-electron chi connectivity index (χ3n) is 0.951. The Morgan fingerprint density at radius 1 is 1.07 bits per heavy atom. The first-order chi connectivity index (χ1) is 6.45. The predicted octanol–water partition coefficient (Wildman–Crippen LogP) is -2.98. The number of carboxylic acid groups (broad SMARTS) is 3. The van der Waals surface area contributed by atoms with Gasteiger partial charge in [-0.2, -0.15) is 0 Å². The van der Waals surface area contributed by atoms with Crippen molar-refractivity contribution in [2.75, 3.05) is 6.54 Å². The third kappa shape index (κ3) is 6.97. The Bertz CT molecular complexity index is 204. The Kier molecular flexibility index (Phi) is 8.36. The SMILES string of the molecule is NN.O=C(O)CNC(C(=O)O)C(=O)O. The van der Waals surface area contributed by atoms with E-state index in [1.807, 2.05) is 5.32 Å². The standard InChI is InChI=1S/C5H7NO6.H4N2/c7-2(8)1-6-3(4(9)10)5(11)12;1-2/h3,6H,1H2,(H,7,8)(H,9,10)(H,11,12);1-2H2. The molecule has 8 N–H and O–H groups in total. The lowest BCUT2D eigenvalue weighted by molar-refractivity contribution is -0.151. The molecule has 14 heavy (non-hydrogen) atoms. The molecule has 0 aliphatic rings. The van der Waals surface area contributed by atoms with E-state index in [1.165, 1.54) is 0 Å². The van der Waals surface area contributed by atoms with Crippen LogP contribution in [0.1, 0.15) is 0 Å². The zero-order chi connectivity index (χ0) is 11.7. The van der Waals surface area contributed by atoms with Gasteiger partial charge in [0.05, 0.1) is 6.54 Å². The lowest BCUT2D eigenvalue weighted by Gasteiger charge is -2.06. The summed E-state index contributed by atoms with van der Waals surface area (Å²) >= 11 is 0. The van der Waals surface area contributed by atoms with Gasteiger partial charge in [0.25, 0.3) is 0 Å². The molecule has 0 atom stereocenters. The maximum absolute atomic E-state index is 10.1. The van der Waals surface area contributed by atoms with Crippen LogP contribution in [-0.2, 0) is 14.4 Å². The van der Waals surface area contributed by atoms with Crippen molar-refractivity contribution in [2.45, 2.75) is 6.04 Å². The summed E-state index contributed by atoms with van der Waals surface area (Å²) in [7, 11) is 0. The summed E-state index contributed by atoms with van der Waals surface area (Å²) in [6.07, 6.45) is 0. The van der Waals surface area contributed by atoms with Crippen LogP contribution >= 0.6 is 0 Å². The fraction of sp³-hybridized carbons (Fsp3) is 0.400. The molecule has 0 amide bonds. The first-order valence-corrected chi connectivity index (χ1v) is 3.19. The molecule has 0 spiro atoms. The second kappa shape index (κ2) is 7.91. The van der Waals surface area contributed by atoms with E-state index in [2.05, 4.69) is 11.7 Å². The number of hydrogen-bond donors (Lipinski definition) is 6. The number of rotatable bonds is 5. The van der Waals surface area contributed by atoms with Crippen LogP contribution in [0.15, 0.2) is 0 Å². The van der Waals surface area contributed by atoms with Crippen LogP contribution in [0.3, 0.4) is 0 Å². The highest BCUT2D eigenvalue weighted by molar-refractivity contribution is 5.97. The van der Waals surface area contributed by atoms with Gasteiger partial charge in [0.15, 0.2) is 0 Å².